The van der Waals surface area contributed by atoms with E-state index in [0.29, 0.717) is 22.2 Å². The van der Waals surface area contributed by atoms with Gasteiger partial charge in [0.25, 0.3) is 0 Å². The molecular weight excluding hydrogens is 434 g/mol. The summed E-state index contributed by atoms with van der Waals surface area (Å²) in [4.78, 5) is 17.6. The molecule has 0 saturated carbocycles. The van der Waals surface area contributed by atoms with Crippen LogP contribution in [0.4, 0.5) is 5.69 Å². The van der Waals surface area contributed by atoms with Crippen LogP contribution in [-0.2, 0) is 4.79 Å². The van der Waals surface area contributed by atoms with Crippen LogP contribution in [0.3, 0.4) is 0 Å². The molecule has 0 aliphatic rings. The van der Waals surface area contributed by atoms with Crippen molar-refractivity contribution >= 4 is 39.9 Å². The standard InChI is InChI=1S/C25H21N5O2S/c1-16-8-7-9-17(14-16)23-27-19-11-4-3-10-18(19)24-28-29-25(30(23)24)33-15-22(31)26-20-12-5-6-13-21(20)32-2/h3-14H,15H2,1-2H3,(H,26,31). The normalized spacial score (nSPS) is 11.1. The van der Waals surface area contributed by atoms with Crippen LogP contribution in [-0.4, -0.2) is 38.4 Å². The van der Waals surface area contributed by atoms with Crippen molar-refractivity contribution in [3.63, 3.8) is 0 Å². The van der Waals surface area contributed by atoms with Gasteiger partial charge in [-0.15, -0.1) is 10.2 Å². The lowest BCUT2D eigenvalue weighted by Crippen LogP contribution is -2.15. The second kappa shape index (κ2) is 8.91. The van der Waals surface area contributed by atoms with Crippen molar-refractivity contribution in [3.05, 3.63) is 78.4 Å². The second-order valence-electron chi connectivity index (χ2n) is 7.50. The smallest absolute Gasteiger partial charge is 0.234 e. The zero-order valence-corrected chi connectivity index (χ0v) is 19.0. The Bertz CT molecular complexity index is 1480. The molecule has 7 nitrogen and oxygen atoms in total. The molecule has 0 aliphatic carbocycles. The Morgan fingerprint density at radius 1 is 1.03 bits per heavy atom. The van der Waals surface area contributed by atoms with Gasteiger partial charge in [0.15, 0.2) is 10.8 Å². The van der Waals surface area contributed by atoms with E-state index >= 15 is 0 Å². The van der Waals surface area contributed by atoms with Crippen LogP contribution in [0.5, 0.6) is 5.75 Å². The number of thioether (sulfide) groups is 1. The fraction of sp³-hybridized carbons (Fsp3) is 0.120. The first-order valence-corrected chi connectivity index (χ1v) is 11.4. The number of hydrogen-bond donors (Lipinski definition) is 1. The zero-order valence-electron chi connectivity index (χ0n) is 18.1. The highest BCUT2D eigenvalue weighted by Gasteiger charge is 2.18. The van der Waals surface area contributed by atoms with Crippen molar-refractivity contribution in [2.45, 2.75) is 12.1 Å². The lowest BCUT2D eigenvalue weighted by molar-refractivity contribution is -0.113. The lowest BCUT2D eigenvalue weighted by Gasteiger charge is -2.11. The van der Waals surface area contributed by atoms with E-state index in [0.717, 1.165) is 27.9 Å². The summed E-state index contributed by atoms with van der Waals surface area (Å²) in [6.07, 6.45) is 0. The van der Waals surface area contributed by atoms with E-state index in [1.807, 2.05) is 65.9 Å². The molecule has 0 spiro atoms. The van der Waals surface area contributed by atoms with Gasteiger partial charge in [-0.2, -0.15) is 0 Å². The average Bonchev–Trinajstić information content (AvgIpc) is 3.27. The van der Waals surface area contributed by atoms with E-state index in [9.17, 15) is 4.79 Å². The third-order valence-corrected chi connectivity index (χ3v) is 6.14. The molecule has 33 heavy (non-hydrogen) atoms. The number of amides is 1. The number of anilines is 1. The van der Waals surface area contributed by atoms with Gasteiger partial charge in [-0.05, 0) is 37.3 Å². The van der Waals surface area contributed by atoms with Gasteiger partial charge in [-0.3, -0.25) is 9.20 Å². The molecule has 0 radical (unpaired) electrons. The van der Waals surface area contributed by atoms with Crippen molar-refractivity contribution in [3.8, 4) is 17.1 Å². The third-order valence-electron chi connectivity index (χ3n) is 5.21. The van der Waals surface area contributed by atoms with Gasteiger partial charge in [-0.25, -0.2) is 4.98 Å². The van der Waals surface area contributed by atoms with Gasteiger partial charge >= 0.3 is 0 Å². The Labute approximate surface area is 194 Å². The number of nitrogens with zero attached hydrogens (tertiary/aromatic N) is 4. The average molecular weight is 456 g/mol. The van der Waals surface area contributed by atoms with E-state index in [1.165, 1.54) is 11.8 Å². The number of ether oxygens (including phenoxy) is 1. The number of rotatable bonds is 6. The third kappa shape index (κ3) is 4.12. The topological polar surface area (TPSA) is 81.4 Å². The molecule has 3 aromatic carbocycles. The number of hydrogen-bond acceptors (Lipinski definition) is 6. The monoisotopic (exact) mass is 455 g/mol. The first-order chi connectivity index (χ1) is 16.1. The molecule has 0 atom stereocenters. The SMILES string of the molecule is COc1ccccc1NC(=O)CSc1nnc2c3ccccc3nc(-c3cccc(C)c3)n12. The highest BCUT2D eigenvalue weighted by molar-refractivity contribution is 7.99. The quantitative estimate of drug-likeness (QED) is 0.363. The summed E-state index contributed by atoms with van der Waals surface area (Å²) in [6, 6.07) is 23.3. The molecule has 2 heterocycles. The Morgan fingerprint density at radius 2 is 1.85 bits per heavy atom. The van der Waals surface area contributed by atoms with E-state index in [2.05, 4.69) is 21.6 Å². The summed E-state index contributed by atoms with van der Waals surface area (Å²) in [6.45, 7) is 2.05. The Kier molecular flexibility index (Phi) is 5.66. The molecule has 5 aromatic rings. The zero-order chi connectivity index (χ0) is 22.8. The molecule has 0 unspecified atom stereocenters. The molecule has 0 fully saturated rings. The summed E-state index contributed by atoms with van der Waals surface area (Å²) in [5, 5.41) is 13.3. The molecular formula is C25H21N5O2S. The molecule has 0 saturated heterocycles. The van der Waals surface area contributed by atoms with Crippen molar-refractivity contribution in [2.75, 3.05) is 18.2 Å². The van der Waals surface area contributed by atoms with Crippen LogP contribution >= 0.6 is 11.8 Å². The number of methoxy groups -OCH3 is 1. The number of aromatic nitrogens is 4. The number of benzene rings is 3. The first-order valence-electron chi connectivity index (χ1n) is 10.4. The number of nitrogens with one attached hydrogen (secondary N) is 1. The summed E-state index contributed by atoms with van der Waals surface area (Å²) < 4.78 is 7.24. The van der Waals surface area contributed by atoms with E-state index in [4.69, 9.17) is 9.72 Å². The molecule has 5 rings (SSSR count). The van der Waals surface area contributed by atoms with Crippen LogP contribution in [0.2, 0.25) is 0 Å². The van der Waals surface area contributed by atoms with Gasteiger partial charge in [0.1, 0.15) is 11.6 Å². The maximum Gasteiger partial charge on any atom is 0.234 e. The van der Waals surface area contributed by atoms with Crippen molar-refractivity contribution in [1.82, 2.24) is 19.6 Å². The molecule has 0 bridgehead atoms. The van der Waals surface area contributed by atoms with Crippen molar-refractivity contribution in [1.29, 1.82) is 0 Å². The van der Waals surface area contributed by atoms with Crippen molar-refractivity contribution in [2.24, 2.45) is 0 Å². The number of aryl methyl sites for hydroxylation is 1. The first kappa shape index (κ1) is 21.0. The summed E-state index contributed by atoms with van der Waals surface area (Å²) in [7, 11) is 1.58. The maximum atomic E-state index is 12.7. The predicted molar refractivity (Wildman–Crippen MR) is 131 cm³/mol. The minimum Gasteiger partial charge on any atom is -0.495 e. The molecule has 2 aromatic heterocycles. The fourth-order valence-electron chi connectivity index (χ4n) is 3.70. The highest BCUT2D eigenvalue weighted by atomic mass is 32.2. The second-order valence-corrected chi connectivity index (χ2v) is 8.44. The van der Waals surface area contributed by atoms with Crippen LogP contribution in [0.25, 0.3) is 27.9 Å². The van der Waals surface area contributed by atoms with Crippen LogP contribution < -0.4 is 10.1 Å². The number of fused-ring (bicyclic) bond motifs is 3. The van der Waals surface area contributed by atoms with Gasteiger partial charge in [0, 0.05) is 10.9 Å². The summed E-state index contributed by atoms with van der Waals surface area (Å²) in [5.74, 6) is 1.36. The van der Waals surface area contributed by atoms with Gasteiger partial charge in [-0.1, -0.05) is 59.8 Å². The Balaban J connectivity index is 1.51. The highest BCUT2D eigenvalue weighted by Crippen LogP contribution is 2.30. The van der Waals surface area contributed by atoms with E-state index in [1.54, 1.807) is 19.2 Å². The number of carbonyl (C=O) groups excluding carboxylic acids is 1. The molecule has 8 heteroatoms. The largest absolute Gasteiger partial charge is 0.495 e. The van der Waals surface area contributed by atoms with Crippen LogP contribution in [0.1, 0.15) is 5.56 Å². The fourth-order valence-corrected chi connectivity index (χ4v) is 4.43. The van der Waals surface area contributed by atoms with Gasteiger partial charge < -0.3 is 10.1 Å². The minimum absolute atomic E-state index is 0.160. The number of para-hydroxylation sites is 3. The van der Waals surface area contributed by atoms with Crippen LogP contribution in [0.15, 0.2) is 78.0 Å². The maximum absolute atomic E-state index is 12.7. The number of carbonyl (C=O) groups is 1. The molecule has 1 amide bonds. The van der Waals surface area contributed by atoms with E-state index in [-0.39, 0.29) is 11.7 Å². The van der Waals surface area contributed by atoms with Crippen LogP contribution in [0, 0.1) is 6.92 Å². The van der Waals surface area contributed by atoms with Gasteiger partial charge in [0.2, 0.25) is 5.91 Å². The molecule has 1 N–H and O–H groups in total. The minimum atomic E-state index is -0.160. The van der Waals surface area contributed by atoms with Gasteiger partial charge in [0.05, 0.1) is 24.1 Å². The molecule has 164 valence electrons. The van der Waals surface area contributed by atoms with E-state index < -0.39 is 0 Å². The summed E-state index contributed by atoms with van der Waals surface area (Å²) in [5.41, 5.74) is 4.29. The predicted octanol–water partition coefficient (Wildman–Crippen LogP) is 4.99. The molecule has 0 aliphatic heterocycles. The summed E-state index contributed by atoms with van der Waals surface area (Å²) >= 11 is 1.32. The van der Waals surface area contributed by atoms with Crippen molar-refractivity contribution < 1.29 is 9.53 Å². The Hall–Kier alpha value is -3.91. The lowest BCUT2D eigenvalue weighted by atomic mass is 10.1. The Morgan fingerprint density at radius 3 is 2.70 bits per heavy atom.